The number of benzene rings is 1. The highest BCUT2D eigenvalue weighted by Crippen LogP contribution is 2.22. The van der Waals surface area contributed by atoms with Crippen molar-refractivity contribution < 1.29 is 9.15 Å². The molecule has 0 aliphatic rings. The summed E-state index contributed by atoms with van der Waals surface area (Å²) >= 11 is 0. The van der Waals surface area contributed by atoms with Crippen LogP contribution < -0.4 is 15.4 Å². The standard InChI is InChI=1S/C22H35N5O2/c1-22(2,3)19-15-24-20(29-19)16-26-21(23-4)25-14-17-8-10-18(11-9-17)28-13-7-12-27(5)6/h8-11,15H,7,12-14,16H2,1-6H3,(H2,23,25,26). The van der Waals surface area contributed by atoms with Gasteiger partial charge in [0.2, 0.25) is 5.89 Å². The van der Waals surface area contributed by atoms with Crippen LogP contribution in [0.3, 0.4) is 0 Å². The van der Waals surface area contributed by atoms with Crippen LogP contribution in [0.2, 0.25) is 0 Å². The molecule has 2 rings (SSSR count). The second-order valence-corrected chi connectivity index (χ2v) is 8.30. The molecule has 2 aromatic rings. The minimum Gasteiger partial charge on any atom is -0.494 e. The van der Waals surface area contributed by atoms with E-state index in [4.69, 9.17) is 9.15 Å². The fraction of sp³-hybridized carbons (Fsp3) is 0.545. The third-order valence-electron chi connectivity index (χ3n) is 4.33. The summed E-state index contributed by atoms with van der Waals surface area (Å²) in [4.78, 5) is 10.7. The minimum absolute atomic E-state index is 0.0482. The molecule has 7 heteroatoms. The van der Waals surface area contributed by atoms with Crippen molar-refractivity contribution >= 4 is 5.96 Å². The van der Waals surface area contributed by atoms with Gasteiger partial charge in [-0.2, -0.15) is 0 Å². The minimum atomic E-state index is -0.0482. The predicted molar refractivity (Wildman–Crippen MR) is 117 cm³/mol. The summed E-state index contributed by atoms with van der Waals surface area (Å²) in [6.45, 7) is 9.21. The molecule has 2 N–H and O–H groups in total. The van der Waals surface area contributed by atoms with Gasteiger partial charge in [0.05, 0.1) is 19.3 Å². The molecular formula is C22H35N5O2. The van der Waals surface area contributed by atoms with E-state index in [1.807, 2.05) is 12.1 Å². The SMILES string of the molecule is CN=C(NCc1ccc(OCCCN(C)C)cc1)NCc1ncc(C(C)(C)C)o1. The molecule has 29 heavy (non-hydrogen) atoms. The first-order valence-electron chi connectivity index (χ1n) is 10.0. The molecule has 0 amide bonds. The lowest BCUT2D eigenvalue weighted by atomic mass is 9.94. The Morgan fingerprint density at radius 2 is 1.83 bits per heavy atom. The highest BCUT2D eigenvalue weighted by Gasteiger charge is 2.19. The first kappa shape index (κ1) is 22.7. The average Bonchev–Trinajstić information content (AvgIpc) is 3.16. The highest BCUT2D eigenvalue weighted by atomic mass is 16.5. The quantitative estimate of drug-likeness (QED) is 0.382. The second kappa shape index (κ2) is 10.9. The summed E-state index contributed by atoms with van der Waals surface area (Å²) in [6, 6.07) is 8.13. The number of guanidine groups is 1. The molecule has 0 bridgehead atoms. The average molecular weight is 402 g/mol. The van der Waals surface area contributed by atoms with Gasteiger partial charge < -0.3 is 24.7 Å². The molecule has 0 fully saturated rings. The Morgan fingerprint density at radius 3 is 2.41 bits per heavy atom. The van der Waals surface area contributed by atoms with Gasteiger partial charge >= 0.3 is 0 Å². The zero-order valence-corrected chi connectivity index (χ0v) is 18.6. The largest absolute Gasteiger partial charge is 0.494 e. The molecule has 0 saturated heterocycles. The van der Waals surface area contributed by atoms with E-state index < -0.39 is 0 Å². The van der Waals surface area contributed by atoms with Crippen molar-refractivity contribution in [2.75, 3.05) is 34.3 Å². The topological polar surface area (TPSA) is 74.9 Å². The summed E-state index contributed by atoms with van der Waals surface area (Å²) in [5.41, 5.74) is 1.10. The molecule has 1 aromatic carbocycles. The Bertz CT molecular complexity index is 760. The van der Waals surface area contributed by atoms with Gasteiger partial charge in [-0.25, -0.2) is 4.98 Å². The van der Waals surface area contributed by atoms with Crippen LogP contribution in [0.15, 0.2) is 39.9 Å². The molecule has 0 radical (unpaired) electrons. The summed E-state index contributed by atoms with van der Waals surface area (Å²) < 4.78 is 11.6. The molecule has 1 aromatic heterocycles. The normalized spacial score (nSPS) is 12.3. The van der Waals surface area contributed by atoms with Crippen molar-refractivity contribution in [1.29, 1.82) is 0 Å². The van der Waals surface area contributed by atoms with E-state index in [2.05, 4.69) is 72.5 Å². The number of hydrogen-bond acceptors (Lipinski definition) is 5. The fourth-order valence-electron chi connectivity index (χ4n) is 2.58. The van der Waals surface area contributed by atoms with Crippen molar-refractivity contribution in [2.24, 2.45) is 4.99 Å². The summed E-state index contributed by atoms with van der Waals surface area (Å²) in [7, 11) is 5.88. The Morgan fingerprint density at radius 1 is 1.14 bits per heavy atom. The fourth-order valence-corrected chi connectivity index (χ4v) is 2.58. The Labute approximate surface area is 174 Å². The van der Waals surface area contributed by atoms with Crippen LogP contribution in [0.25, 0.3) is 0 Å². The molecule has 0 unspecified atom stereocenters. The van der Waals surface area contributed by atoms with E-state index in [0.29, 0.717) is 24.9 Å². The lowest BCUT2D eigenvalue weighted by molar-refractivity contribution is 0.281. The number of aromatic nitrogens is 1. The van der Waals surface area contributed by atoms with Crippen LogP contribution in [0.5, 0.6) is 5.75 Å². The van der Waals surface area contributed by atoms with Crippen LogP contribution in [-0.4, -0.2) is 50.1 Å². The van der Waals surface area contributed by atoms with E-state index in [0.717, 1.165) is 36.6 Å². The summed E-state index contributed by atoms with van der Waals surface area (Å²) in [5.74, 6) is 3.12. The number of hydrogen-bond donors (Lipinski definition) is 2. The zero-order chi connectivity index (χ0) is 21.3. The maximum atomic E-state index is 5.80. The number of aliphatic imine (C=N–C) groups is 1. The third-order valence-corrected chi connectivity index (χ3v) is 4.33. The Hall–Kier alpha value is -2.54. The number of nitrogens with zero attached hydrogens (tertiary/aromatic N) is 3. The molecule has 0 spiro atoms. The first-order chi connectivity index (χ1) is 13.8. The molecular weight excluding hydrogens is 366 g/mol. The number of nitrogens with one attached hydrogen (secondary N) is 2. The van der Waals surface area contributed by atoms with E-state index >= 15 is 0 Å². The smallest absolute Gasteiger partial charge is 0.213 e. The summed E-state index contributed by atoms with van der Waals surface area (Å²) in [6.07, 6.45) is 2.80. The molecule has 1 heterocycles. The van der Waals surface area contributed by atoms with Crippen LogP contribution in [0, 0.1) is 0 Å². The van der Waals surface area contributed by atoms with E-state index in [-0.39, 0.29) is 5.41 Å². The van der Waals surface area contributed by atoms with Crippen molar-refractivity contribution in [3.63, 3.8) is 0 Å². The Kier molecular flexibility index (Phi) is 8.51. The number of ether oxygens (including phenoxy) is 1. The summed E-state index contributed by atoms with van der Waals surface area (Å²) in [5, 5.41) is 6.53. The Balaban J connectivity index is 1.75. The van der Waals surface area contributed by atoms with Crippen LogP contribution in [0.1, 0.15) is 44.4 Å². The van der Waals surface area contributed by atoms with Gasteiger partial charge in [-0.15, -0.1) is 0 Å². The molecule has 160 valence electrons. The third kappa shape index (κ3) is 8.15. The monoisotopic (exact) mass is 401 g/mol. The van der Waals surface area contributed by atoms with E-state index in [1.54, 1.807) is 13.2 Å². The van der Waals surface area contributed by atoms with Crippen molar-refractivity contribution in [2.45, 2.75) is 45.7 Å². The maximum absolute atomic E-state index is 5.80. The van der Waals surface area contributed by atoms with Crippen molar-refractivity contribution in [3.05, 3.63) is 47.7 Å². The van der Waals surface area contributed by atoms with Gasteiger partial charge in [-0.05, 0) is 38.2 Å². The number of rotatable bonds is 9. The highest BCUT2D eigenvalue weighted by molar-refractivity contribution is 5.79. The van der Waals surface area contributed by atoms with Gasteiger partial charge in [0.15, 0.2) is 5.96 Å². The van der Waals surface area contributed by atoms with E-state index in [1.165, 1.54) is 0 Å². The van der Waals surface area contributed by atoms with Crippen molar-refractivity contribution in [1.82, 2.24) is 20.5 Å². The van der Waals surface area contributed by atoms with Crippen LogP contribution in [-0.2, 0) is 18.5 Å². The number of oxazole rings is 1. The molecule has 0 saturated carbocycles. The van der Waals surface area contributed by atoms with Crippen molar-refractivity contribution in [3.8, 4) is 5.75 Å². The first-order valence-corrected chi connectivity index (χ1v) is 10.0. The predicted octanol–water partition coefficient (Wildman–Crippen LogP) is 3.17. The van der Waals surface area contributed by atoms with Gasteiger partial charge in [-0.3, -0.25) is 4.99 Å². The lowest BCUT2D eigenvalue weighted by Crippen LogP contribution is -2.36. The molecule has 0 aliphatic carbocycles. The van der Waals surface area contributed by atoms with E-state index in [9.17, 15) is 0 Å². The van der Waals surface area contributed by atoms with Crippen LogP contribution in [0.4, 0.5) is 0 Å². The molecule has 0 atom stereocenters. The van der Waals surface area contributed by atoms with Gasteiger partial charge in [-0.1, -0.05) is 32.9 Å². The van der Waals surface area contributed by atoms with Gasteiger partial charge in [0, 0.05) is 25.6 Å². The van der Waals surface area contributed by atoms with Gasteiger partial charge in [0.1, 0.15) is 11.5 Å². The molecule has 7 nitrogen and oxygen atoms in total. The van der Waals surface area contributed by atoms with Gasteiger partial charge in [0.25, 0.3) is 0 Å². The lowest BCUT2D eigenvalue weighted by Gasteiger charge is -2.13. The zero-order valence-electron chi connectivity index (χ0n) is 18.6. The van der Waals surface area contributed by atoms with Crippen LogP contribution >= 0.6 is 0 Å². The molecule has 0 aliphatic heterocycles. The second-order valence-electron chi connectivity index (χ2n) is 8.30. The maximum Gasteiger partial charge on any atom is 0.213 e.